The van der Waals surface area contributed by atoms with E-state index in [1.807, 2.05) is 50.5 Å². The molecular weight excluding hydrogens is 298 g/mol. The molecule has 0 aliphatic carbocycles. The van der Waals surface area contributed by atoms with Gasteiger partial charge in [0.1, 0.15) is 23.5 Å². The number of hydrogen-bond donors (Lipinski definition) is 0. The first-order valence-electron chi connectivity index (χ1n) is 7.62. The molecule has 120 valence electrons. The van der Waals surface area contributed by atoms with E-state index in [9.17, 15) is 0 Å². The van der Waals surface area contributed by atoms with Crippen LogP contribution in [0.3, 0.4) is 0 Å². The second-order valence-electron chi connectivity index (χ2n) is 5.55. The summed E-state index contributed by atoms with van der Waals surface area (Å²) in [7, 11) is 4.03. The van der Waals surface area contributed by atoms with Crippen LogP contribution in [-0.4, -0.2) is 14.1 Å². The lowest BCUT2D eigenvalue weighted by Crippen LogP contribution is -2.07. The van der Waals surface area contributed by atoms with Crippen LogP contribution in [0.1, 0.15) is 12.0 Å². The van der Waals surface area contributed by atoms with Crippen molar-refractivity contribution < 1.29 is 4.74 Å². The molecule has 0 fully saturated rings. The molecule has 0 saturated carbocycles. The van der Waals surface area contributed by atoms with Crippen LogP contribution in [0.5, 0.6) is 0 Å². The van der Waals surface area contributed by atoms with Gasteiger partial charge in [-0.15, -0.1) is 0 Å². The first-order chi connectivity index (χ1) is 11.6. The third kappa shape index (κ3) is 4.90. The van der Waals surface area contributed by atoms with Crippen molar-refractivity contribution in [1.29, 1.82) is 10.5 Å². The Hall–Kier alpha value is -3.24. The minimum atomic E-state index is -0.0872. The molecular formula is C20H19N3O. The molecule has 0 saturated heterocycles. The van der Waals surface area contributed by atoms with Gasteiger partial charge in [0.25, 0.3) is 0 Å². The molecule has 1 aliphatic rings. The molecule has 1 aromatic rings. The zero-order valence-electron chi connectivity index (χ0n) is 13.8. The van der Waals surface area contributed by atoms with Gasteiger partial charge in [0.15, 0.2) is 0 Å². The average molecular weight is 317 g/mol. The van der Waals surface area contributed by atoms with Gasteiger partial charge >= 0.3 is 0 Å². The van der Waals surface area contributed by atoms with Gasteiger partial charge in [0.05, 0.1) is 6.26 Å². The normalized spacial score (nSPS) is 15.8. The van der Waals surface area contributed by atoms with Gasteiger partial charge in [-0.25, -0.2) is 0 Å². The second kappa shape index (κ2) is 8.41. The molecule has 1 heterocycles. The van der Waals surface area contributed by atoms with E-state index in [0.29, 0.717) is 6.42 Å². The van der Waals surface area contributed by atoms with Crippen molar-refractivity contribution in [2.75, 3.05) is 19.0 Å². The fraction of sp³-hybridized carbons (Fsp3) is 0.200. The lowest BCUT2D eigenvalue weighted by Gasteiger charge is -2.13. The lowest BCUT2D eigenvalue weighted by molar-refractivity contribution is 0.329. The standard InChI is InChI=1S/C20H19N3O/c1-23(2)19-8-6-16(7-9-19)4-3-5-20-13-17(10-11-24-20)12-18(14-21)15-22/h3-4,6-13,17H,5H2,1-2H3. The molecule has 0 N–H and O–H groups in total. The maximum absolute atomic E-state index is 8.81. The summed E-state index contributed by atoms with van der Waals surface area (Å²) in [4.78, 5) is 2.06. The van der Waals surface area contributed by atoms with Crippen molar-refractivity contribution in [3.05, 3.63) is 71.7 Å². The minimum absolute atomic E-state index is 0.0872. The number of ether oxygens (including phenoxy) is 1. The summed E-state index contributed by atoms with van der Waals surface area (Å²) < 4.78 is 5.47. The van der Waals surface area contributed by atoms with Gasteiger partial charge in [0, 0.05) is 32.1 Å². The molecule has 24 heavy (non-hydrogen) atoms. The van der Waals surface area contributed by atoms with Crippen molar-refractivity contribution in [2.45, 2.75) is 6.42 Å². The molecule has 0 radical (unpaired) electrons. The van der Waals surface area contributed by atoms with Gasteiger partial charge in [-0.3, -0.25) is 0 Å². The number of allylic oxidation sites excluding steroid dienone is 5. The Kier molecular flexibility index (Phi) is 6.00. The smallest absolute Gasteiger partial charge is 0.126 e. The molecule has 1 aliphatic heterocycles. The van der Waals surface area contributed by atoms with E-state index in [2.05, 4.69) is 29.2 Å². The monoisotopic (exact) mass is 317 g/mol. The van der Waals surface area contributed by atoms with E-state index >= 15 is 0 Å². The van der Waals surface area contributed by atoms with Crippen LogP contribution in [0.15, 0.2) is 66.2 Å². The predicted octanol–water partition coefficient (Wildman–Crippen LogP) is 4.17. The van der Waals surface area contributed by atoms with Gasteiger partial charge in [-0.1, -0.05) is 24.3 Å². The minimum Gasteiger partial charge on any atom is -0.470 e. The zero-order chi connectivity index (χ0) is 17.4. The zero-order valence-corrected chi connectivity index (χ0v) is 13.8. The van der Waals surface area contributed by atoms with Gasteiger partial charge in [-0.05, 0) is 35.9 Å². The van der Waals surface area contributed by atoms with Gasteiger partial charge < -0.3 is 9.64 Å². The Labute approximate surface area is 142 Å². The molecule has 1 aromatic carbocycles. The number of anilines is 1. The molecule has 0 aromatic heterocycles. The van der Waals surface area contributed by atoms with Crippen molar-refractivity contribution >= 4 is 11.8 Å². The summed E-state index contributed by atoms with van der Waals surface area (Å²) in [5, 5.41) is 17.6. The number of benzene rings is 1. The van der Waals surface area contributed by atoms with Crippen molar-refractivity contribution in [3.8, 4) is 12.1 Å². The highest BCUT2D eigenvalue weighted by Gasteiger charge is 2.08. The van der Waals surface area contributed by atoms with E-state index in [-0.39, 0.29) is 11.5 Å². The number of nitrogens with zero attached hydrogens (tertiary/aromatic N) is 3. The predicted molar refractivity (Wildman–Crippen MR) is 95.5 cm³/mol. The first-order valence-corrected chi connectivity index (χ1v) is 7.62. The summed E-state index contributed by atoms with van der Waals surface area (Å²) in [5.74, 6) is 0.714. The Bertz CT molecular complexity index is 753. The van der Waals surface area contributed by atoms with Gasteiger partial charge in [-0.2, -0.15) is 10.5 Å². The Morgan fingerprint density at radius 3 is 2.54 bits per heavy atom. The highest BCUT2D eigenvalue weighted by atomic mass is 16.5. The largest absolute Gasteiger partial charge is 0.470 e. The molecule has 4 heteroatoms. The van der Waals surface area contributed by atoms with Crippen LogP contribution >= 0.6 is 0 Å². The van der Waals surface area contributed by atoms with Crippen molar-refractivity contribution in [3.63, 3.8) is 0 Å². The second-order valence-corrected chi connectivity index (χ2v) is 5.55. The number of hydrogen-bond acceptors (Lipinski definition) is 4. The molecule has 0 amide bonds. The highest BCUT2D eigenvalue weighted by molar-refractivity contribution is 5.55. The maximum Gasteiger partial charge on any atom is 0.126 e. The summed E-state index contributed by atoms with van der Waals surface area (Å²) in [5.41, 5.74) is 2.40. The Balaban J connectivity index is 1.98. The summed E-state index contributed by atoms with van der Waals surface area (Å²) in [6, 6.07) is 12.0. The quantitative estimate of drug-likeness (QED) is 0.765. The molecule has 0 bridgehead atoms. The van der Waals surface area contributed by atoms with E-state index < -0.39 is 0 Å². The van der Waals surface area contributed by atoms with Crippen LogP contribution in [0.4, 0.5) is 5.69 Å². The molecule has 1 unspecified atom stereocenters. The maximum atomic E-state index is 8.81. The molecule has 1 atom stereocenters. The third-order valence-electron chi connectivity index (χ3n) is 3.54. The molecule has 2 rings (SSSR count). The highest BCUT2D eigenvalue weighted by Crippen LogP contribution is 2.20. The first kappa shape index (κ1) is 17.1. The van der Waals surface area contributed by atoms with Gasteiger partial charge in [0.2, 0.25) is 0 Å². The summed E-state index contributed by atoms with van der Waals surface area (Å²) >= 11 is 0. The van der Waals surface area contributed by atoms with Crippen LogP contribution in [0.2, 0.25) is 0 Å². The number of rotatable bonds is 5. The lowest BCUT2D eigenvalue weighted by atomic mass is 10.0. The van der Waals surface area contributed by atoms with E-state index in [0.717, 1.165) is 17.0 Å². The topological polar surface area (TPSA) is 60.0 Å². The van der Waals surface area contributed by atoms with E-state index in [1.165, 1.54) is 0 Å². The Morgan fingerprint density at radius 1 is 1.21 bits per heavy atom. The average Bonchev–Trinajstić information content (AvgIpc) is 2.60. The molecule has 0 spiro atoms. The van der Waals surface area contributed by atoms with E-state index in [4.69, 9.17) is 15.3 Å². The van der Waals surface area contributed by atoms with E-state index in [1.54, 1.807) is 12.3 Å². The fourth-order valence-electron chi connectivity index (χ4n) is 2.23. The van der Waals surface area contributed by atoms with Crippen LogP contribution in [0.25, 0.3) is 6.08 Å². The summed E-state index contributed by atoms with van der Waals surface area (Å²) in [6.07, 6.45) is 11.7. The Morgan fingerprint density at radius 2 is 1.92 bits per heavy atom. The molecule has 4 nitrogen and oxygen atoms in total. The van der Waals surface area contributed by atoms with Crippen molar-refractivity contribution in [1.82, 2.24) is 0 Å². The fourth-order valence-corrected chi connectivity index (χ4v) is 2.23. The van der Waals surface area contributed by atoms with Crippen LogP contribution < -0.4 is 4.90 Å². The number of nitriles is 2. The van der Waals surface area contributed by atoms with Crippen LogP contribution in [-0.2, 0) is 4.74 Å². The summed E-state index contributed by atoms with van der Waals surface area (Å²) in [6.45, 7) is 0. The SMILES string of the molecule is CN(C)c1ccc(C=CCC2=CC(C=C(C#N)C#N)C=CO2)cc1. The van der Waals surface area contributed by atoms with Crippen LogP contribution in [0, 0.1) is 28.6 Å². The third-order valence-corrected chi connectivity index (χ3v) is 3.54. The van der Waals surface area contributed by atoms with Crippen molar-refractivity contribution in [2.24, 2.45) is 5.92 Å².